The minimum atomic E-state index is 0.0506. The molecule has 0 fully saturated rings. The van der Waals surface area contributed by atoms with Crippen LogP contribution in [-0.4, -0.2) is 37.7 Å². The summed E-state index contributed by atoms with van der Waals surface area (Å²) in [4.78, 5) is 17.3. The molecule has 4 heterocycles. The van der Waals surface area contributed by atoms with Crippen LogP contribution in [0.1, 0.15) is 23.2 Å². The Hall–Kier alpha value is -1.73. The minimum absolute atomic E-state index is 0.0506. The van der Waals surface area contributed by atoms with Gasteiger partial charge in [0.2, 0.25) is 5.78 Å². The van der Waals surface area contributed by atoms with E-state index in [0.29, 0.717) is 5.78 Å². The maximum Gasteiger partial charge on any atom is 0.263 e. The van der Waals surface area contributed by atoms with Crippen molar-refractivity contribution < 1.29 is 0 Å². The number of nitrogens with zero attached hydrogens (tertiary/aromatic N) is 5. The number of likely N-dealkylation sites (N-methyl/N-ethyl adjacent to an activating group) is 1. The molecule has 0 saturated heterocycles. The Labute approximate surface area is 125 Å². The van der Waals surface area contributed by atoms with Crippen LogP contribution in [0.2, 0.25) is 0 Å². The van der Waals surface area contributed by atoms with E-state index < -0.39 is 0 Å². The van der Waals surface area contributed by atoms with E-state index in [-0.39, 0.29) is 5.56 Å². The predicted octanol–water partition coefficient (Wildman–Crippen LogP) is 1.19. The van der Waals surface area contributed by atoms with E-state index in [0.717, 1.165) is 42.0 Å². The molecule has 1 aliphatic rings. The smallest absolute Gasteiger partial charge is 0.263 e. The molecule has 0 atom stereocenters. The Morgan fingerprint density at radius 1 is 1.29 bits per heavy atom. The average Bonchev–Trinajstić information content (AvgIpc) is 3.04. The monoisotopic (exact) mass is 303 g/mol. The summed E-state index contributed by atoms with van der Waals surface area (Å²) < 4.78 is 3.68. The second-order valence-electron chi connectivity index (χ2n) is 5.64. The van der Waals surface area contributed by atoms with Gasteiger partial charge >= 0.3 is 0 Å². The van der Waals surface area contributed by atoms with Crippen molar-refractivity contribution in [2.75, 3.05) is 13.6 Å². The fourth-order valence-electron chi connectivity index (χ4n) is 3.11. The van der Waals surface area contributed by atoms with Crippen molar-refractivity contribution in [1.29, 1.82) is 0 Å². The van der Waals surface area contributed by atoms with Crippen LogP contribution in [0.25, 0.3) is 16.0 Å². The molecule has 1 aliphatic heterocycles. The van der Waals surface area contributed by atoms with Crippen molar-refractivity contribution >= 4 is 27.3 Å². The van der Waals surface area contributed by atoms with E-state index in [2.05, 4.69) is 33.5 Å². The predicted molar refractivity (Wildman–Crippen MR) is 83.0 cm³/mol. The van der Waals surface area contributed by atoms with Crippen LogP contribution in [0.5, 0.6) is 0 Å². The molecule has 21 heavy (non-hydrogen) atoms. The third kappa shape index (κ3) is 1.64. The molecule has 0 radical (unpaired) electrons. The highest BCUT2D eigenvalue weighted by molar-refractivity contribution is 7.18. The maximum absolute atomic E-state index is 12.7. The molecule has 0 spiro atoms. The largest absolute Gasteiger partial charge is 0.301 e. The van der Waals surface area contributed by atoms with Gasteiger partial charge in [-0.25, -0.2) is 0 Å². The molecular weight excluding hydrogens is 286 g/mol. The lowest BCUT2D eigenvalue weighted by atomic mass is 10.1. The zero-order valence-electron chi connectivity index (χ0n) is 12.4. The molecule has 0 aromatic carbocycles. The van der Waals surface area contributed by atoms with Crippen LogP contribution >= 0.6 is 11.3 Å². The summed E-state index contributed by atoms with van der Waals surface area (Å²) in [6, 6.07) is 0. The Morgan fingerprint density at radius 2 is 2.10 bits per heavy atom. The molecule has 110 valence electrons. The first-order valence-corrected chi connectivity index (χ1v) is 7.99. The number of aromatic nitrogens is 4. The SMILES string of the molecule is CCc1nnc2n(C)c(=O)c3c4c(sc3n12)CN(C)CC4. The van der Waals surface area contributed by atoms with Gasteiger partial charge in [-0.1, -0.05) is 6.92 Å². The van der Waals surface area contributed by atoms with Crippen molar-refractivity contribution in [1.82, 2.24) is 24.1 Å². The van der Waals surface area contributed by atoms with Crippen LogP contribution in [0.3, 0.4) is 0 Å². The van der Waals surface area contributed by atoms with Crippen LogP contribution in [0.4, 0.5) is 0 Å². The highest BCUT2D eigenvalue weighted by Gasteiger charge is 2.24. The molecule has 0 N–H and O–H groups in total. The van der Waals surface area contributed by atoms with Gasteiger partial charge in [0.25, 0.3) is 5.56 Å². The lowest BCUT2D eigenvalue weighted by Crippen LogP contribution is -2.26. The normalized spacial score (nSPS) is 16.0. The third-order valence-electron chi connectivity index (χ3n) is 4.28. The lowest BCUT2D eigenvalue weighted by molar-refractivity contribution is 0.318. The summed E-state index contributed by atoms with van der Waals surface area (Å²) in [6.07, 6.45) is 1.74. The van der Waals surface area contributed by atoms with Crippen molar-refractivity contribution in [3.63, 3.8) is 0 Å². The Balaban J connectivity index is 2.21. The summed E-state index contributed by atoms with van der Waals surface area (Å²) in [5, 5.41) is 9.30. The van der Waals surface area contributed by atoms with Gasteiger partial charge < -0.3 is 4.90 Å². The van der Waals surface area contributed by atoms with Gasteiger partial charge in [-0.3, -0.25) is 13.8 Å². The molecule has 3 aromatic rings. The van der Waals surface area contributed by atoms with E-state index >= 15 is 0 Å². The van der Waals surface area contributed by atoms with E-state index in [4.69, 9.17) is 0 Å². The summed E-state index contributed by atoms with van der Waals surface area (Å²) in [7, 11) is 3.90. The maximum atomic E-state index is 12.7. The van der Waals surface area contributed by atoms with Gasteiger partial charge in [-0.2, -0.15) is 0 Å². The standard InChI is InChI=1S/C14H17N5OS/c1-4-10-15-16-14-18(3)12(20)11-8-5-6-17(2)7-9(8)21-13(11)19(10)14/h4-7H2,1-3H3. The average molecular weight is 303 g/mol. The molecule has 0 aliphatic carbocycles. The molecule has 3 aromatic heterocycles. The van der Waals surface area contributed by atoms with E-state index in [9.17, 15) is 4.79 Å². The number of fused-ring (bicyclic) bond motifs is 5. The fourth-order valence-corrected chi connectivity index (χ4v) is 4.55. The van der Waals surface area contributed by atoms with Crippen LogP contribution in [0, 0.1) is 0 Å². The number of hydrogen-bond acceptors (Lipinski definition) is 5. The first-order valence-electron chi connectivity index (χ1n) is 7.17. The van der Waals surface area contributed by atoms with Crippen LogP contribution in [-0.2, 0) is 26.4 Å². The summed E-state index contributed by atoms with van der Waals surface area (Å²) in [5.74, 6) is 1.55. The Kier molecular flexibility index (Phi) is 2.71. The molecule has 4 rings (SSSR count). The molecule has 0 bridgehead atoms. The van der Waals surface area contributed by atoms with Crippen molar-refractivity contribution in [3.8, 4) is 0 Å². The highest BCUT2D eigenvalue weighted by atomic mass is 32.1. The van der Waals surface area contributed by atoms with Gasteiger partial charge in [0, 0.05) is 31.4 Å². The van der Waals surface area contributed by atoms with Crippen molar-refractivity contribution in [2.24, 2.45) is 7.05 Å². The van der Waals surface area contributed by atoms with Crippen LogP contribution in [0.15, 0.2) is 4.79 Å². The first-order chi connectivity index (χ1) is 10.1. The Bertz CT molecular complexity index is 919. The minimum Gasteiger partial charge on any atom is -0.301 e. The van der Waals surface area contributed by atoms with Gasteiger partial charge in [0.1, 0.15) is 10.7 Å². The molecule has 0 amide bonds. The number of hydrogen-bond donors (Lipinski definition) is 0. The van der Waals surface area contributed by atoms with E-state index in [1.807, 2.05) is 0 Å². The molecule has 0 saturated carbocycles. The topological polar surface area (TPSA) is 55.4 Å². The Morgan fingerprint density at radius 3 is 2.86 bits per heavy atom. The fraction of sp³-hybridized carbons (Fsp3) is 0.500. The van der Waals surface area contributed by atoms with Crippen molar-refractivity contribution in [2.45, 2.75) is 26.3 Å². The molecule has 0 unspecified atom stereocenters. The molecule has 7 heteroatoms. The highest BCUT2D eigenvalue weighted by Crippen LogP contribution is 2.33. The molecular formula is C14H17N5OS. The number of rotatable bonds is 1. The number of aryl methyl sites for hydroxylation is 2. The summed E-state index contributed by atoms with van der Waals surface area (Å²) >= 11 is 1.72. The zero-order chi connectivity index (χ0) is 14.7. The van der Waals surface area contributed by atoms with Gasteiger partial charge in [0.05, 0.1) is 5.39 Å². The quantitative estimate of drug-likeness (QED) is 0.678. The van der Waals surface area contributed by atoms with Crippen LogP contribution < -0.4 is 5.56 Å². The lowest BCUT2D eigenvalue weighted by Gasteiger charge is -2.21. The zero-order valence-corrected chi connectivity index (χ0v) is 13.2. The molecule has 6 nitrogen and oxygen atoms in total. The summed E-state index contributed by atoms with van der Waals surface area (Å²) in [6.45, 7) is 3.99. The van der Waals surface area contributed by atoms with Gasteiger partial charge in [0.15, 0.2) is 0 Å². The first kappa shape index (κ1) is 13.0. The number of thiophene rings is 1. The van der Waals surface area contributed by atoms with E-state index in [1.165, 1.54) is 10.4 Å². The summed E-state index contributed by atoms with van der Waals surface area (Å²) in [5.41, 5.74) is 1.28. The third-order valence-corrected chi connectivity index (χ3v) is 5.48. The van der Waals surface area contributed by atoms with E-state index in [1.54, 1.807) is 23.0 Å². The van der Waals surface area contributed by atoms with Gasteiger partial charge in [-0.15, -0.1) is 21.5 Å². The van der Waals surface area contributed by atoms with Crippen molar-refractivity contribution in [3.05, 3.63) is 26.6 Å². The van der Waals surface area contributed by atoms with Gasteiger partial charge in [-0.05, 0) is 19.0 Å². The second kappa shape index (κ2) is 4.38. The second-order valence-corrected chi connectivity index (χ2v) is 6.72.